The summed E-state index contributed by atoms with van der Waals surface area (Å²) >= 11 is 0. The number of nitrogens with zero attached hydrogens (tertiary/aromatic N) is 7. The van der Waals surface area contributed by atoms with Crippen LogP contribution in [-0.2, 0) is 17.8 Å². The monoisotopic (exact) mass is 488 g/mol. The Morgan fingerprint density at radius 2 is 1.94 bits per heavy atom. The number of likely N-dealkylation sites (tertiary alicyclic amines) is 1. The van der Waals surface area contributed by atoms with Gasteiger partial charge in [-0.15, -0.1) is 0 Å². The normalized spacial score (nSPS) is 17.5. The van der Waals surface area contributed by atoms with Crippen molar-refractivity contribution in [3.8, 4) is 5.82 Å². The topological polar surface area (TPSA) is 96.5 Å². The molecular weight excluding hydrogens is 456 g/mol. The number of morpholine rings is 1. The van der Waals surface area contributed by atoms with Crippen molar-refractivity contribution >= 4 is 22.5 Å². The summed E-state index contributed by atoms with van der Waals surface area (Å²) < 4.78 is 9.56. The van der Waals surface area contributed by atoms with Gasteiger partial charge in [0.05, 0.1) is 25.0 Å². The van der Waals surface area contributed by atoms with E-state index in [0.717, 1.165) is 62.9 Å². The zero-order valence-electron chi connectivity index (χ0n) is 20.5. The van der Waals surface area contributed by atoms with Crippen molar-refractivity contribution in [2.75, 3.05) is 51.3 Å². The minimum atomic E-state index is -0.205. The Labute approximate surface area is 210 Å². The molecule has 3 aromatic heterocycles. The molecule has 1 aromatic carbocycles. The number of β-amino-alcohol motifs (C(OH)–C–C–N with tert-alkyl or cyclic N) is 1. The van der Waals surface area contributed by atoms with Gasteiger partial charge in [-0.25, -0.2) is 9.67 Å². The zero-order valence-corrected chi connectivity index (χ0v) is 20.5. The maximum atomic E-state index is 9.54. The highest BCUT2D eigenvalue weighted by molar-refractivity contribution is 5.84. The van der Waals surface area contributed by atoms with Crippen LogP contribution in [0.15, 0.2) is 48.9 Å². The van der Waals surface area contributed by atoms with E-state index in [1.54, 1.807) is 10.9 Å². The predicted octanol–water partition coefficient (Wildman–Crippen LogP) is 2.18. The number of fused-ring (bicyclic) bond motifs is 1. The van der Waals surface area contributed by atoms with E-state index in [-0.39, 0.29) is 6.10 Å². The number of nitrogens with one attached hydrogen (secondary N) is 1. The minimum absolute atomic E-state index is 0.205. The highest BCUT2D eigenvalue weighted by atomic mass is 16.5. The number of hydrogen-bond acceptors (Lipinski definition) is 8. The van der Waals surface area contributed by atoms with E-state index in [1.807, 2.05) is 19.2 Å². The van der Waals surface area contributed by atoms with Gasteiger partial charge >= 0.3 is 0 Å². The highest BCUT2D eigenvalue weighted by Crippen LogP contribution is 2.23. The van der Waals surface area contributed by atoms with Crippen molar-refractivity contribution in [2.45, 2.75) is 26.1 Å². The third-order valence-corrected chi connectivity index (χ3v) is 7.00. The van der Waals surface area contributed by atoms with Crippen LogP contribution in [0.4, 0.5) is 11.6 Å². The fourth-order valence-corrected chi connectivity index (χ4v) is 4.89. The number of aromatic nitrogens is 5. The van der Waals surface area contributed by atoms with Crippen LogP contribution in [0.2, 0.25) is 0 Å². The Morgan fingerprint density at radius 3 is 2.78 bits per heavy atom. The summed E-state index contributed by atoms with van der Waals surface area (Å²) in [6.07, 6.45) is 5.71. The van der Waals surface area contributed by atoms with Crippen molar-refractivity contribution in [3.05, 3.63) is 60.2 Å². The third kappa shape index (κ3) is 4.98. The van der Waals surface area contributed by atoms with Gasteiger partial charge in [0.15, 0.2) is 5.82 Å². The Morgan fingerprint density at radius 1 is 1.08 bits per heavy atom. The van der Waals surface area contributed by atoms with Gasteiger partial charge in [0.2, 0.25) is 5.95 Å². The number of anilines is 2. The Balaban J connectivity index is 1.13. The lowest BCUT2D eigenvalue weighted by atomic mass is 10.1. The standard InChI is InChI=1S/C26H32N8O2/c1-19-21(15-32-17-23(35)18-32)16-34(30-19)25-4-6-27-26(29-25)28-22-2-3-24-20(14-22)5-7-33(24)9-8-31-10-12-36-13-11-31/h2-7,14,16,23,35H,8-13,15,17-18H2,1H3,(H,27,28,29). The fourth-order valence-electron chi connectivity index (χ4n) is 4.89. The van der Waals surface area contributed by atoms with Gasteiger partial charge in [0.1, 0.15) is 0 Å². The van der Waals surface area contributed by atoms with Crippen LogP contribution >= 0.6 is 0 Å². The first kappa shape index (κ1) is 23.1. The van der Waals surface area contributed by atoms with Gasteiger partial charge in [0.25, 0.3) is 0 Å². The van der Waals surface area contributed by atoms with Crippen LogP contribution in [0.25, 0.3) is 16.7 Å². The molecule has 0 saturated carbocycles. The van der Waals surface area contributed by atoms with Gasteiger partial charge in [0, 0.05) is 92.6 Å². The number of aliphatic hydroxyl groups excluding tert-OH is 1. The smallest absolute Gasteiger partial charge is 0.229 e. The van der Waals surface area contributed by atoms with Crippen LogP contribution < -0.4 is 5.32 Å². The van der Waals surface area contributed by atoms with Crippen LogP contribution in [-0.4, -0.2) is 91.3 Å². The first-order valence-electron chi connectivity index (χ1n) is 12.6. The number of hydrogen-bond donors (Lipinski definition) is 2. The molecule has 5 heterocycles. The van der Waals surface area contributed by atoms with Crippen molar-refractivity contribution in [1.29, 1.82) is 0 Å². The maximum absolute atomic E-state index is 9.54. The molecule has 0 spiro atoms. The average Bonchev–Trinajstić information content (AvgIpc) is 3.45. The molecule has 2 saturated heterocycles. The minimum Gasteiger partial charge on any atom is -0.390 e. The molecule has 2 aliphatic rings. The number of aliphatic hydroxyl groups is 1. The second-order valence-electron chi connectivity index (χ2n) is 9.63. The SMILES string of the molecule is Cc1nn(-c2ccnc(Nc3ccc4c(ccn4CCN4CCOCC4)c3)n2)cc1CN1CC(O)C1. The predicted molar refractivity (Wildman–Crippen MR) is 138 cm³/mol. The first-order valence-corrected chi connectivity index (χ1v) is 12.6. The van der Waals surface area contributed by atoms with Crippen molar-refractivity contribution in [1.82, 2.24) is 34.1 Å². The van der Waals surface area contributed by atoms with Gasteiger partial charge in [-0.1, -0.05) is 0 Å². The molecule has 0 radical (unpaired) electrons. The van der Waals surface area contributed by atoms with Gasteiger partial charge < -0.3 is 19.7 Å². The molecule has 6 rings (SSSR count). The van der Waals surface area contributed by atoms with Crippen LogP contribution in [0.1, 0.15) is 11.3 Å². The largest absolute Gasteiger partial charge is 0.390 e. The fraction of sp³-hybridized carbons (Fsp3) is 0.423. The van der Waals surface area contributed by atoms with Gasteiger partial charge in [-0.3, -0.25) is 9.80 Å². The molecule has 2 fully saturated rings. The first-order chi connectivity index (χ1) is 17.6. The molecule has 2 N–H and O–H groups in total. The molecule has 0 atom stereocenters. The third-order valence-electron chi connectivity index (χ3n) is 7.00. The van der Waals surface area contributed by atoms with E-state index in [0.29, 0.717) is 24.9 Å². The summed E-state index contributed by atoms with van der Waals surface area (Å²) in [7, 11) is 0. The lowest BCUT2D eigenvalue weighted by molar-refractivity contribution is -0.00297. The average molecular weight is 489 g/mol. The Kier molecular flexibility index (Phi) is 6.41. The molecule has 2 aliphatic heterocycles. The quantitative estimate of drug-likeness (QED) is 0.390. The molecule has 0 unspecified atom stereocenters. The van der Waals surface area contributed by atoms with E-state index in [9.17, 15) is 5.11 Å². The zero-order chi connectivity index (χ0) is 24.5. The summed E-state index contributed by atoms with van der Waals surface area (Å²) in [5.74, 6) is 1.24. The molecular formula is C26H32N8O2. The maximum Gasteiger partial charge on any atom is 0.229 e. The summed E-state index contributed by atoms with van der Waals surface area (Å²) in [6, 6.07) is 10.4. The molecule has 188 valence electrons. The van der Waals surface area contributed by atoms with E-state index in [1.165, 1.54) is 10.9 Å². The summed E-state index contributed by atoms with van der Waals surface area (Å²) in [5, 5.41) is 18.7. The van der Waals surface area contributed by atoms with E-state index >= 15 is 0 Å². The van der Waals surface area contributed by atoms with Gasteiger partial charge in [-0.05, 0) is 31.2 Å². The molecule has 36 heavy (non-hydrogen) atoms. The summed E-state index contributed by atoms with van der Waals surface area (Å²) in [5.41, 5.74) is 4.27. The molecule has 10 nitrogen and oxygen atoms in total. The second-order valence-corrected chi connectivity index (χ2v) is 9.63. The van der Waals surface area contributed by atoms with Crippen LogP contribution in [0.3, 0.4) is 0 Å². The number of aryl methyl sites for hydroxylation is 1. The van der Waals surface area contributed by atoms with Crippen LogP contribution in [0.5, 0.6) is 0 Å². The molecule has 0 bridgehead atoms. The molecule has 4 aromatic rings. The number of rotatable bonds is 8. The van der Waals surface area contributed by atoms with Crippen molar-refractivity contribution < 1.29 is 9.84 Å². The molecule has 0 aliphatic carbocycles. The lowest BCUT2D eigenvalue weighted by Gasteiger charge is -2.35. The van der Waals surface area contributed by atoms with Gasteiger partial charge in [-0.2, -0.15) is 10.1 Å². The van der Waals surface area contributed by atoms with Crippen molar-refractivity contribution in [3.63, 3.8) is 0 Å². The molecule has 0 amide bonds. The van der Waals surface area contributed by atoms with E-state index in [2.05, 4.69) is 65.2 Å². The Hall–Kier alpha value is -3.31. The highest BCUT2D eigenvalue weighted by Gasteiger charge is 2.25. The Bertz CT molecular complexity index is 1340. The van der Waals surface area contributed by atoms with E-state index in [4.69, 9.17) is 4.74 Å². The van der Waals surface area contributed by atoms with Crippen molar-refractivity contribution in [2.24, 2.45) is 0 Å². The summed E-state index contributed by atoms with van der Waals surface area (Å²) in [4.78, 5) is 13.8. The number of ether oxygens (including phenoxy) is 1. The molecule has 10 heteroatoms. The lowest BCUT2D eigenvalue weighted by Crippen LogP contribution is -2.49. The van der Waals surface area contributed by atoms with E-state index < -0.39 is 0 Å². The van der Waals surface area contributed by atoms with Crippen LogP contribution in [0, 0.1) is 6.92 Å². The second kappa shape index (κ2) is 9.98. The number of benzene rings is 1. The summed E-state index contributed by atoms with van der Waals surface area (Å²) in [6.45, 7) is 9.89.